The predicted octanol–water partition coefficient (Wildman–Crippen LogP) is 2.89. The highest BCUT2D eigenvalue weighted by atomic mass is 16.5. The first-order valence-electron chi connectivity index (χ1n) is 11.2. The summed E-state index contributed by atoms with van der Waals surface area (Å²) in [5.74, 6) is -0.871. The Morgan fingerprint density at radius 1 is 1.06 bits per heavy atom. The van der Waals surface area contributed by atoms with Crippen molar-refractivity contribution in [1.82, 2.24) is 14.9 Å². The number of amides is 3. The number of hydrogen-bond donors (Lipinski definition) is 4. The fourth-order valence-electron chi connectivity index (χ4n) is 4.25. The predicted molar refractivity (Wildman–Crippen MR) is 129 cm³/mol. The van der Waals surface area contributed by atoms with Crippen molar-refractivity contribution in [1.29, 1.82) is 0 Å². The second-order valence-electron chi connectivity index (χ2n) is 8.98. The van der Waals surface area contributed by atoms with Crippen molar-refractivity contribution >= 4 is 34.4 Å². The summed E-state index contributed by atoms with van der Waals surface area (Å²) in [5.41, 5.74) is 2.15. The highest BCUT2D eigenvalue weighted by Gasteiger charge is 2.38. The average Bonchev–Trinajstić information content (AvgIpc) is 2.85. The highest BCUT2D eigenvalue weighted by Crippen LogP contribution is 2.32. The molecular formula is C25H26N4O6. The van der Waals surface area contributed by atoms with Gasteiger partial charge in [-0.05, 0) is 54.1 Å². The average molecular weight is 479 g/mol. The van der Waals surface area contributed by atoms with Crippen molar-refractivity contribution in [2.45, 2.75) is 26.3 Å². The summed E-state index contributed by atoms with van der Waals surface area (Å²) in [6.07, 6.45) is 1.57. The molecule has 4 N–H and O–H groups in total. The third-order valence-electron chi connectivity index (χ3n) is 6.57. The number of nitrogens with one attached hydrogen (secondary N) is 2. The molecule has 2 heterocycles. The number of rotatable bonds is 5. The van der Waals surface area contributed by atoms with Gasteiger partial charge in [-0.15, -0.1) is 0 Å². The lowest BCUT2D eigenvalue weighted by molar-refractivity contribution is -0.127. The lowest BCUT2D eigenvalue weighted by atomic mass is 9.79. The van der Waals surface area contributed by atoms with Crippen LogP contribution in [0.25, 0.3) is 10.8 Å². The number of carbonyl (C=O) groups is 3. The maximum atomic E-state index is 13.0. The number of nitrogens with zero attached hydrogens (tertiary/aromatic N) is 2. The maximum Gasteiger partial charge on any atom is 0.407 e. The Balaban J connectivity index is 1.51. The number of benzene rings is 2. The van der Waals surface area contributed by atoms with Gasteiger partial charge in [0.15, 0.2) is 0 Å². The molecule has 0 spiro atoms. The first-order valence-corrected chi connectivity index (χ1v) is 11.2. The number of hydrogen-bond acceptors (Lipinski definition) is 5. The van der Waals surface area contributed by atoms with Crippen LogP contribution in [0.1, 0.15) is 35.7 Å². The quantitative estimate of drug-likeness (QED) is 0.328. The third kappa shape index (κ3) is 5.02. The Labute approximate surface area is 200 Å². The van der Waals surface area contributed by atoms with Gasteiger partial charge in [0.05, 0.1) is 12.0 Å². The number of carboxylic acid groups (broad SMARTS) is 1. The van der Waals surface area contributed by atoms with Crippen molar-refractivity contribution in [2.24, 2.45) is 5.41 Å². The highest BCUT2D eigenvalue weighted by molar-refractivity contribution is 5.98. The zero-order valence-electron chi connectivity index (χ0n) is 19.2. The summed E-state index contributed by atoms with van der Waals surface area (Å²) in [7, 11) is 0. The van der Waals surface area contributed by atoms with E-state index in [-0.39, 0.29) is 23.6 Å². The number of anilines is 1. The molecule has 3 aromatic rings. The number of likely N-dealkylation sites (tertiary alicyclic amines) is 1. The van der Waals surface area contributed by atoms with Crippen molar-refractivity contribution in [3.63, 3.8) is 0 Å². The van der Waals surface area contributed by atoms with Crippen molar-refractivity contribution in [3.8, 4) is 0 Å². The minimum Gasteiger partial charge on any atom is -0.465 e. The third-order valence-corrected chi connectivity index (χ3v) is 6.57. The van der Waals surface area contributed by atoms with Crippen LogP contribution in [0, 0.1) is 5.41 Å². The molecule has 2 aromatic carbocycles. The maximum absolute atomic E-state index is 13.0. The van der Waals surface area contributed by atoms with E-state index in [1.165, 1.54) is 21.6 Å². The Kier molecular flexibility index (Phi) is 6.57. The molecule has 35 heavy (non-hydrogen) atoms. The van der Waals surface area contributed by atoms with E-state index < -0.39 is 17.4 Å². The Bertz CT molecular complexity index is 1360. The van der Waals surface area contributed by atoms with Gasteiger partial charge in [0.2, 0.25) is 5.91 Å². The molecular weight excluding hydrogens is 452 g/mol. The molecule has 1 fully saturated rings. The van der Waals surface area contributed by atoms with E-state index in [1.807, 2.05) is 13.0 Å². The van der Waals surface area contributed by atoms with Gasteiger partial charge in [-0.3, -0.25) is 19.6 Å². The second kappa shape index (κ2) is 9.59. The van der Waals surface area contributed by atoms with E-state index in [9.17, 15) is 19.2 Å². The minimum atomic E-state index is -0.975. The van der Waals surface area contributed by atoms with Gasteiger partial charge in [-0.2, -0.15) is 0 Å². The van der Waals surface area contributed by atoms with Gasteiger partial charge >= 0.3 is 6.09 Å². The van der Waals surface area contributed by atoms with Crippen LogP contribution in [0.4, 0.5) is 10.5 Å². The van der Waals surface area contributed by atoms with Gasteiger partial charge in [0.25, 0.3) is 11.5 Å². The monoisotopic (exact) mass is 478 g/mol. The van der Waals surface area contributed by atoms with Gasteiger partial charge in [0.1, 0.15) is 0 Å². The van der Waals surface area contributed by atoms with Crippen LogP contribution in [-0.2, 0) is 11.3 Å². The summed E-state index contributed by atoms with van der Waals surface area (Å²) in [6.45, 7) is 2.71. The fourth-order valence-corrected chi connectivity index (χ4v) is 4.25. The summed E-state index contributed by atoms with van der Waals surface area (Å²) in [5, 5.41) is 21.9. The Hall–Kier alpha value is -4.18. The van der Waals surface area contributed by atoms with Crippen molar-refractivity contribution in [3.05, 3.63) is 76.2 Å². The second-order valence-corrected chi connectivity index (χ2v) is 8.98. The molecule has 4 rings (SSSR count). The molecule has 1 aliphatic heterocycles. The number of pyridine rings is 1. The Morgan fingerprint density at radius 2 is 1.80 bits per heavy atom. The molecule has 0 atom stereocenters. The van der Waals surface area contributed by atoms with Crippen LogP contribution >= 0.6 is 0 Å². The van der Waals surface area contributed by atoms with Gasteiger partial charge in [0, 0.05) is 35.9 Å². The smallest absolute Gasteiger partial charge is 0.407 e. The van der Waals surface area contributed by atoms with Crippen LogP contribution in [0.15, 0.2) is 59.5 Å². The number of carbonyl (C=O) groups excluding carboxylic acids is 2. The molecule has 182 valence electrons. The number of fused-ring (bicyclic) bond motifs is 1. The molecule has 0 saturated carbocycles. The van der Waals surface area contributed by atoms with E-state index in [4.69, 9.17) is 10.3 Å². The molecule has 0 radical (unpaired) electrons. The van der Waals surface area contributed by atoms with Gasteiger partial charge in [-0.25, -0.2) is 10.3 Å². The summed E-state index contributed by atoms with van der Waals surface area (Å²) in [6, 6.07) is 13.6. The normalized spacial score (nSPS) is 15.0. The topological polar surface area (TPSA) is 141 Å². The van der Waals surface area contributed by atoms with Crippen LogP contribution in [-0.4, -0.2) is 50.8 Å². The molecule has 10 nitrogen and oxygen atoms in total. The molecule has 1 saturated heterocycles. The van der Waals surface area contributed by atoms with E-state index >= 15 is 0 Å². The summed E-state index contributed by atoms with van der Waals surface area (Å²) >= 11 is 0. The number of piperidine rings is 1. The van der Waals surface area contributed by atoms with Crippen LogP contribution < -0.4 is 16.4 Å². The molecule has 0 aliphatic carbocycles. The van der Waals surface area contributed by atoms with Crippen LogP contribution in [0.2, 0.25) is 0 Å². The van der Waals surface area contributed by atoms with Gasteiger partial charge in [-0.1, -0.05) is 25.1 Å². The zero-order chi connectivity index (χ0) is 25.2. The lowest BCUT2D eigenvalue weighted by Gasteiger charge is -2.36. The largest absolute Gasteiger partial charge is 0.465 e. The molecule has 1 aromatic heterocycles. The van der Waals surface area contributed by atoms with Crippen LogP contribution in [0.3, 0.4) is 0 Å². The first kappa shape index (κ1) is 24.0. The van der Waals surface area contributed by atoms with E-state index in [1.54, 1.807) is 42.0 Å². The van der Waals surface area contributed by atoms with E-state index in [0.29, 0.717) is 42.4 Å². The van der Waals surface area contributed by atoms with Crippen molar-refractivity contribution in [2.75, 3.05) is 18.4 Å². The van der Waals surface area contributed by atoms with Crippen molar-refractivity contribution < 1.29 is 24.7 Å². The number of hydroxylamine groups is 1. The summed E-state index contributed by atoms with van der Waals surface area (Å²) < 4.78 is 1.51. The fraction of sp³-hybridized carbons (Fsp3) is 0.280. The van der Waals surface area contributed by atoms with E-state index in [0.717, 1.165) is 5.56 Å². The number of aromatic nitrogens is 1. The van der Waals surface area contributed by atoms with Gasteiger partial charge < -0.3 is 19.9 Å². The molecule has 0 unspecified atom stereocenters. The first-order chi connectivity index (χ1) is 16.7. The molecule has 0 bridgehead atoms. The summed E-state index contributed by atoms with van der Waals surface area (Å²) in [4.78, 5) is 50.2. The molecule has 10 heteroatoms. The molecule has 1 aliphatic rings. The van der Waals surface area contributed by atoms with E-state index in [2.05, 4.69) is 5.32 Å². The van der Waals surface area contributed by atoms with Crippen LogP contribution in [0.5, 0.6) is 0 Å². The minimum absolute atomic E-state index is 0.169. The molecule has 3 amide bonds. The zero-order valence-corrected chi connectivity index (χ0v) is 19.2. The standard InChI is InChI=1S/C25H26N4O6/c1-25(8-11-28(12-9-25)24(33)34)23(32)26-19-4-2-3-16(13-19)15-29-10-7-17-5-6-18(21(30)27-35)14-20(17)22(29)31/h2-7,10,13-14,35H,8-9,11-12,15H2,1H3,(H,26,32)(H,27,30)(H,33,34). The lowest BCUT2D eigenvalue weighted by Crippen LogP contribution is -2.46. The SMILES string of the molecule is CC1(C(=O)Nc2cccc(Cn3ccc4ccc(C(=O)NO)cc4c3=O)c2)CCN(C(=O)O)CC1. The Morgan fingerprint density at radius 3 is 2.49 bits per heavy atom.